The molecule has 1 saturated carbocycles. The van der Waals surface area contributed by atoms with Gasteiger partial charge in [-0.15, -0.1) is 0 Å². The van der Waals surface area contributed by atoms with Gasteiger partial charge in [0.1, 0.15) is 6.10 Å². The summed E-state index contributed by atoms with van der Waals surface area (Å²) in [5.74, 6) is -2.50. The molecule has 1 heterocycles. The number of rotatable bonds is 2. The zero-order valence-electron chi connectivity index (χ0n) is 12.1. The van der Waals surface area contributed by atoms with Crippen molar-refractivity contribution in [3.63, 3.8) is 0 Å². The van der Waals surface area contributed by atoms with Crippen LogP contribution in [-0.4, -0.2) is 54.5 Å². The molecule has 0 aromatic heterocycles. The van der Waals surface area contributed by atoms with Gasteiger partial charge >= 0.3 is 0 Å². The van der Waals surface area contributed by atoms with Gasteiger partial charge in [-0.05, 0) is 20.8 Å². The lowest BCUT2D eigenvalue weighted by Gasteiger charge is -2.54. The average molecular weight is 274 g/mol. The molecular weight excluding hydrogens is 252 g/mol. The van der Waals surface area contributed by atoms with Crippen LogP contribution in [0.4, 0.5) is 0 Å². The van der Waals surface area contributed by atoms with E-state index in [1.807, 2.05) is 0 Å². The fourth-order valence-electron chi connectivity index (χ4n) is 2.75. The SMILES string of the molecule is CO[C@@]1(C)O[C@@H]2C(=O)C[C@](C)(O)C[C@H]2O[C@]1(C)OC. The molecule has 1 aliphatic carbocycles. The second-order valence-electron chi connectivity index (χ2n) is 5.84. The van der Waals surface area contributed by atoms with E-state index < -0.39 is 29.4 Å². The first kappa shape index (κ1) is 14.9. The third-order valence-corrected chi connectivity index (χ3v) is 4.18. The highest BCUT2D eigenvalue weighted by Crippen LogP contribution is 2.43. The van der Waals surface area contributed by atoms with Crippen LogP contribution < -0.4 is 0 Å². The van der Waals surface area contributed by atoms with Gasteiger partial charge in [-0.1, -0.05) is 0 Å². The normalized spacial score (nSPS) is 50.9. The van der Waals surface area contributed by atoms with Gasteiger partial charge in [0.05, 0.1) is 11.7 Å². The molecule has 1 aliphatic heterocycles. The molecule has 19 heavy (non-hydrogen) atoms. The van der Waals surface area contributed by atoms with Gasteiger partial charge < -0.3 is 24.1 Å². The Labute approximate surface area is 113 Å². The van der Waals surface area contributed by atoms with E-state index in [1.165, 1.54) is 14.2 Å². The third kappa shape index (κ3) is 2.32. The summed E-state index contributed by atoms with van der Waals surface area (Å²) in [5, 5.41) is 10.1. The standard InChI is InChI=1S/C13H22O6/c1-11(15)6-8(14)10-9(7-11)18-12(2,16-4)13(3,17-5)19-10/h9-10,15H,6-7H2,1-5H3/t9-,10-,11+,12+,13+/m1/s1. The molecule has 0 aromatic carbocycles. The van der Waals surface area contributed by atoms with Crippen LogP contribution in [0.2, 0.25) is 0 Å². The molecule has 0 spiro atoms. The first-order valence-corrected chi connectivity index (χ1v) is 6.37. The lowest BCUT2D eigenvalue weighted by molar-refractivity contribution is -0.446. The molecule has 0 unspecified atom stereocenters. The molecule has 0 aromatic rings. The zero-order chi connectivity index (χ0) is 14.5. The van der Waals surface area contributed by atoms with Crippen molar-refractivity contribution < 1.29 is 28.8 Å². The Morgan fingerprint density at radius 1 is 1.16 bits per heavy atom. The average Bonchev–Trinajstić information content (AvgIpc) is 2.31. The van der Waals surface area contributed by atoms with Crippen LogP contribution >= 0.6 is 0 Å². The highest BCUT2D eigenvalue weighted by atomic mass is 16.8. The fourth-order valence-corrected chi connectivity index (χ4v) is 2.75. The Morgan fingerprint density at radius 3 is 2.21 bits per heavy atom. The van der Waals surface area contributed by atoms with Crippen molar-refractivity contribution in [2.75, 3.05) is 14.2 Å². The topological polar surface area (TPSA) is 74.2 Å². The number of carbonyl (C=O) groups is 1. The van der Waals surface area contributed by atoms with Gasteiger partial charge in [0.15, 0.2) is 5.78 Å². The predicted molar refractivity (Wildman–Crippen MR) is 65.4 cm³/mol. The lowest BCUT2D eigenvalue weighted by atomic mass is 9.80. The van der Waals surface area contributed by atoms with Gasteiger partial charge in [0, 0.05) is 27.1 Å². The van der Waals surface area contributed by atoms with Crippen molar-refractivity contribution in [3.05, 3.63) is 0 Å². The van der Waals surface area contributed by atoms with E-state index >= 15 is 0 Å². The van der Waals surface area contributed by atoms with Crippen molar-refractivity contribution in [1.82, 2.24) is 0 Å². The Morgan fingerprint density at radius 2 is 1.68 bits per heavy atom. The van der Waals surface area contributed by atoms with Crippen molar-refractivity contribution in [3.8, 4) is 0 Å². The minimum atomic E-state index is -1.18. The number of ether oxygens (including phenoxy) is 4. The Bertz CT molecular complexity index is 381. The maximum atomic E-state index is 12.1. The van der Waals surface area contributed by atoms with Gasteiger partial charge in [0.25, 0.3) is 0 Å². The van der Waals surface area contributed by atoms with Gasteiger partial charge in [-0.25, -0.2) is 0 Å². The largest absolute Gasteiger partial charge is 0.390 e. The summed E-state index contributed by atoms with van der Waals surface area (Å²) in [4.78, 5) is 12.1. The molecule has 6 nitrogen and oxygen atoms in total. The first-order valence-electron chi connectivity index (χ1n) is 6.37. The van der Waals surface area contributed by atoms with Crippen LogP contribution in [-0.2, 0) is 23.7 Å². The van der Waals surface area contributed by atoms with Crippen LogP contribution in [0.25, 0.3) is 0 Å². The van der Waals surface area contributed by atoms with Gasteiger partial charge in [-0.2, -0.15) is 0 Å². The molecule has 110 valence electrons. The van der Waals surface area contributed by atoms with Crippen LogP contribution in [0, 0.1) is 0 Å². The summed E-state index contributed by atoms with van der Waals surface area (Å²) >= 11 is 0. The fraction of sp³-hybridized carbons (Fsp3) is 0.923. The van der Waals surface area contributed by atoms with E-state index in [9.17, 15) is 9.90 Å². The molecule has 0 amide bonds. The summed E-state index contributed by atoms with van der Waals surface area (Å²) in [6.45, 7) is 4.99. The highest BCUT2D eigenvalue weighted by molar-refractivity contribution is 5.85. The first-order chi connectivity index (χ1) is 8.66. The maximum Gasteiger partial charge on any atom is 0.220 e. The molecule has 2 aliphatic rings. The predicted octanol–water partition coefficient (Wildman–Crippen LogP) is 0.609. The number of hydrogen-bond acceptors (Lipinski definition) is 6. The quantitative estimate of drug-likeness (QED) is 0.795. The highest BCUT2D eigenvalue weighted by Gasteiger charge is 2.60. The van der Waals surface area contributed by atoms with Crippen molar-refractivity contribution in [1.29, 1.82) is 0 Å². The molecule has 5 atom stereocenters. The van der Waals surface area contributed by atoms with Gasteiger partial charge in [0.2, 0.25) is 11.6 Å². The molecule has 2 rings (SSSR count). The number of aliphatic hydroxyl groups is 1. The molecule has 0 radical (unpaired) electrons. The van der Waals surface area contributed by atoms with Crippen molar-refractivity contribution in [2.45, 2.75) is 63.0 Å². The third-order valence-electron chi connectivity index (χ3n) is 4.18. The number of ketones is 1. The van der Waals surface area contributed by atoms with E-state index in [-0.39, 0.29) is 12.2 Å². The summed E-state index contributed by atoms with van der Waals surface area (Å²) in [5.41, 5.74) is -1.07. The van der Waals surface area contributed by atoms with Crippen molar-refractivity contribution in [2.24, 2.45) is 0 Å². The molecular formula is C13H22O6. The van der Waals surface area contributed by atoms with Crippen LogP contribution in [0.5, 0.6) is 0 Å². The summed E-state index contributed by atoms with van der Waals surface area (Å²) in [6.07, 6.45) is -0.888. The second-order valence-corrected chi connectivity index (χ2v) is 5.84. The van der Waals surface area contributed by atoms with E-state index in [0.717, 1.165) is 0 Å². The summed E-state index contributed by atoms with van der Waals surface area (Å²) in [6, 6.07) is 0. The van der Waals surface area contributed by atoms with Crippen LogP contribution in [0.3, 0.4) is 0 Å². The minimum Gasteiger partial charge on any atom is -0.390 e. The maximum absolute atomic E-state index is 12.1. The molecule has 2 fully saturated rings. The molecule has 6 heteroatoms. The summed E-state index contributed by atoms with van der Waals surface area (Å²) < 4.78 is 22.4. The number of fused-ring (bicyclic) bond motifs is 1. The molecule has 1 N–H and O–H groups in total. The zero-order valence-corrected chi connectivity index (χ0v) is 12.1. The van der Waals surface area contributed by atoms with Crippen molar-refractivity contribution >= 4 is 5.78 Å². The smallest absolute Gasteiger partial charge is 0.220 e. The Hall–Kier alpha value is -0.530. The number of Topliss-reactive ketones (excluding diaryl/α,β-unsaturated/α-hetero) is 1. The van der Waals surface area contributed by atoms with E-state index in [4.69, 9.17) is 18.9 Å². The minimum absolute atomic E-state index is 0.0566. The Kier molecular flexibility index (Phi) is 3.52. The summed E-state index contributed by atoms with van der Waals surface area (Å²) in [7, 11) is 2.97. The van der Waals surface area contributed by atoms with Crippen LogP contribution in [0.15, 0.2) is 0 Å². The van der Waals surface area contributed by atoms with E-state index in [2.05, 4.69) is 0 Å². The van der Waals surface area contributed by atoms with E-state index in [0.29, 0.717) is 6.42 Å². The van der Waals surface area contributed by atoms with Gasteiger partial charge in [-0.3, -0.25) is 4.79 Å². The Balaban J connectivity index is 2.30. The number of carbonyl (C=O) groups excluding carboxylic acids is 1. The number of methoxy groups -OCH3 is 2. The monoisotopic (exact) mass is 274 g/mol. The second kappa shape index (κ2) is 4.49. The van der Waals surface area contributed by atoms with Crippen LogP contribution in [0.1, 0.15) is 33.6 Å². The number of hydrogen-bond donors (Lipinski definition) is 1. The van der Waals surface area contributed by atoms with E-state index in [1.54, 1.807) is 20.8 Å². The molecule has 1 saturated heterocycles. The molecule has 0 bridgehead atoms. The lowest BCUT2D eigenvalue weighted by Crippen LogP contribution is -2.68.